The highest BCUT2D eigenvalue weighted by molar-refractivity contribution is 7.92. The first-order valence-corrected chi connectivity index (χ1v) is 10.5. The van der Waals surface area contributed by atoms with Crippen LogP contribution in [0.5, 0.6) is 0 Å². The number of rotatable bonds is 5. The van der Waals surface area contributed by atoms with E-state index >= 15 is 0 Å². The molecular formula is C18H13ClF2N2O3S2. The third-order valence-electron chi connectivity index (χ3n) is 3.78. The van der Waals surface area contributed by atoms with Gasteiger partial charge in [0.15, 0.2) is 0 Å². The van der Waals surface area contributed by atoms with Gasteiger partial charge in [0.1, 0.15) is 16.5 Å². The lowest BCUT2D eigenvalue weighted by Crippen LogP contribution is -2.28. The Morgan fingerprint density at radius 1 is 1.07 bits per heavy atom. The number of halogens is 3. The largest absolute Gasteiger partial charge is 0.321 e. The number of hydrogen-bond acceptors (Lipinski definition) is 4. The Hall–Kier alpha value is -2.49. The molecule has 3 aromatic rings. The third kappa shape index (κ3) is 4.16. The smallest absolute Gasteiger partial charge is 0.267 e. The Labute approximate surface area is 169 Å². The highest BCUT2D eigenvalue weighted by Crippen LogP contribution is 2.31. The Morgan fingerprint density at radius 2 is 1.68 bits per heavy atom. The first-order valence-electron chi connectivity index (χ1n) is 7.78. The molecule has 1 N–H and O–H groups in total. The molecular weight excluding hydrogens is 430 g/mol. The fraction of sp³-hybridized carbons (Fsp3) is 0.0556. The van der Waals surface area contributed by atoms with Gasteiger partial charge in [0.2, 0.25) is 0 Å². The van der Waals surface area contributed by atoms with E-state index in [2.05, 4.69) is 5.32 Å². The molecule has 0 aliphatic heterocycles. The van der Waals surface area contributed by atoms with Gasteiger partial charge in [-0.15, -0.1) is 11.3 Å². The van der Waals surface area contributed by atoms with Crippen LogP contribution in [0, 0.1) is 11.6 Å². The summed E-state index contributed by atoms with van der Waals surface area (Å²) in [6.07, 6.45) is 0. The highest BCUT2D eigenvalue weighted by Gasteiger charge is 2.26. The number of carbonyl (C=O) groups excluding carboxylic acids is 1. The zero-order valence-electron chi connectivity index (χ0n) is 14.3. The van der Waals surface area contributed by atoms with Crippen LogP contribution in [0.15, 0.2) is 58.8 Å². The van der Waals surface area contributed by atoms with Gasteiger partial charge < -0.3 is 5.32 Å². The van der Waals surface area contributed by atoms with E-state index in [1.165, 1.54) is 37.4 Å². The Kier molecular flexibility index (Phi) is 5.69. The van der Waals surface area contributed by atoms with Crippen molar-refractivity contribution in [3.05, 3.63) is 75.4 Å². The third-order valence-corrected chi connectivity index (χ3v) is 6.72. The molecule has 0 radical (unpaired) electrons. The highest BCUT2D eigenvalue weighted by atomic mass is 35.5. The molecule has 1 aromatic heterocycles. The minimum absolute atomic E-state index is 0.00385. The monoisotopic (exact) mass is 442 g/mol. The number of carbonyl (C=O) groups is 1. The molecule has 0 unspecified atom stereocenters. The summed E-state index contributed by atoms with van der Waals surface area (Å²) >= 11 is 6.79. The maximum absolute atomic E-state index is 13.3. The minimum atomic E-state index is -3.94. The number of nitrogens with one attached hydrogen (secondary N) is 1. The van der Waals surface area contributed by atoms with Gasteiger partial charge >= 0.3 is 0 Å². The molecule has 0 spiro atoms. The number of hydrogen-bond donors (Lipinski definition) is 1. The van der Waals surface area contributed by atoms with Crippen molar-refractivity contribution in [3.8, 4) is 0 Å². The molecule has 0 saturated heterocycles. The molecule has 0 fully saturated rings. The van der Waals surface area contributed by atoms with Crippen LogP contribution in [0.4, 0.5) is 20.2 Å². The molecule has 0 saturated carbocycles. The van der Waals surface area contributed by atoms with Crippen LogP contribution in [0.3, 0.4) is 0 Å². The predicted molar refractivity (Wildman–Crippen MR) is 106 cm³/mol. The van der Waals surface area contributed by atoms with E-state index in [4.69, 9.17) is 11.6 Å². The van der Waals surface area contributed by atoms with Gasteiger partial charge in [-0.05, 0) is 47.8 Å². The molecule has 0 bridgehead atoms. The molecule has 28 heavy (non-hydrogen) atoms. The topological polar surface area (TPSA) is 66.5 Å². The molecule has 2 aromatic carbocycles. The lowest BCUT2D eigenvalue weighted by molar-refractivity contribution is 0.103. The van der Waals surface area contributed by atoms with E-state index in [0.717, 1.165) is 27.8 Å². The van der Waals surface area contributed by atoms with Gasteiger partial charge in [0.25, 0.3) is 15.9 Å². The molecule has 0 atom stereocenters. The molecule has 0 aliphatic carbocycles. The number of sulfonamides is 1. The Balaban J connectivity index is 1.90. The second-order valence-corrected chi connectivity index (χ2v) is 9.00. The number of amides is 1. The average molecular weight is 443 g/mol. The maximum atomic E-state index is 13.3. The summed E-state index contributed by atoms with van der Waals surface area (Å²) in [7, 11) is -2.63. The summed E-state index contributed by atoms with van der Waals surface area (Å²) < 4.78 is 53.2. The van der Waals surface area contributed by atoms with Crippen LogP contribution in [-0.4, -0.2) is 21.4 Å². The zero-order valence-corrected chi connectivity index (χ0v) is 16.7. The normalized spacial score (nSPS) is 11.3. The Bertz CT molecular complexity index is 1110. The summed E-state index contributed by atoms with van der Waals surface area (Å²) in [4.78, 5) is 12.6. The molecule has 10 heteroatoms. The van der Waals surface area contributed by atoms with Crippen molar-refractivity contribution in [1.82, 2.24) is 0 Å². The quantitative estimate of drug-likeness (QED) is 0.619. The first-order chi connectivity index (χ1) is 13.2. The van der Waals surface area contributed by atoms with Crippen LogP contribution >= 0.6 is 22.9 Å². The van der Waals surface area contributed by atoms with Crippen molar-refractivity contribution < 1.29 is 22.0 Å². The Morgan fingerprint density at radius 3 is 2.29 bits per heavy atom. The SMILES string of the molecule is CN(c1ccsc1C(=O)Nc1cc(F)cc(F)c1)S(=O)(=O)c1ccc(Cl)cc1. The van der Waals surface area contributed by atoms with Crippen molar-refractivity contribution in [1.29, 1.82) is 0 Å². The van der Waals surface area contributed by atoms with Crippen LogP contribution in [0.2, 0.25) is 5.02 Å². The van der Waals surface area contributed by atoms with Gasteiger partial charge in [0, 0.05) is 23.8 Å². The lowest BCUT2D eigenvalue weighted by atomic mass is 10.3. The van der Waals surface area contributed by atoms with Crippen molar-refractivity contribution in [2.45, 2.75) is 4.90 Å². The van der Waals surface area contributed by atoms with E-state index in [-0.39, 0.29) is 21.1 Å². The summed E-state index contributed by atoms with van der Waals surface area (Å²) in [5.41, 5.74) is 0.0550. The molecule has 5 nitrogen and oxygen atoms in total. The summed E-state index contributed by atoms with van der Waals surface area (Å²) in [5, 5.41) is 4.31. The summed E-state index contributed by atoms with van der Waals surface area (Å²) in [5.74, 6) is -2.37. The van der Waals surface area contributed by atoms with E-state index < -0.39 is 27.6 Å². The van der Waals surface area contributed by atoms with E-state index in [1.54, 1.807) is 5.38 Å². The standard InChI is InChI=1S/C18H13ClF2N2O3S2/c1-23(28(25,26)15-4-2-11(19)3-5-15)16-6-7-27-17(16)18(24)22-14-9-12(20)8-13(21)10-14/h2-10H,1H3,(H,22,24). The number of anilines is 2. The van der Waals surface area contributed by atoms with Crippen molar-refractivity contribution in [2.24, 2.45) is 0 Å². The predicted octanol–water partition coefficient (Wildman–Crippen LogP) is 4.76. The van der Waals surface area contributed by atoms with Crippen molar-refractivity contribution in [3.63, 3.8) is 0 Å². The van der Waals surface area contributed by atoms with Crippen LogP contribution in [0.25, 0.3) is 0 Å². The van der Waals surface area contributed by atoms with E-state index in [9.17, 15) is 22.0 Å². The molecule has 1 heterocycles. The first kappa shape index (κ1) is 20.2. The van der Waals surface area contributed by atoms with Crippen LogP contribution in [0.1, 0.15) is 9.67 Å². The average Bonchev–Trinajstić information content (AvgIpc) is 3.10. The maximum Gasteiger partial charge on any atom is 0.267 e. The second-order valence-electron chi connectivity index (χ2n) is 5.67. The van der Waals surface area contributed by atoms with Gasteiger partial charge in [-0.1, -0.05) is 11.6 Å². The van der Waals surface area contributed by atoms with Crippen LogP contribution in [-0.2, 0) is 10.0 Å². The van der Waals surface area contributed by atoms with E-state index in [0.29, 0.717) is 11.1 Å². The summed E-state index contributed by atoms with van der Waals surface area (Å²) in [6.45, 7) is 0. The number of thiophene rings is 1. The minimum Gasteiger partial charge on any atom is -0.321 e. The lowest BCUT2D eigenvalue weighted by Gasteiger charge is -2.19. The number of nitrogens with zero attached hydrogens (tertiary/aromatic N) is 1. The second kappa shape index (κ2) is 7.86. The van der Waals surface area contributed by atoms with Crippen molar-refractivity contribution >= 4 is 50.2 Å². The van der Waals surface area contributed by atoms with Crippen LogP contribution < -0.4 is 9.62 Å². The van der Waals surface area contributed by atoms with Gasteiger partial charge in [-0.25, -0.2) is 17.2 Å². The fourth-order valence-corrected chi connectivity index (χ4v) is 4.64. The van der Waals surface area contributed by atoms with Gasteiger partial charge in [0.05, 0.1) is 10.6 Å². The van der Waals surface area contributed by atoms with Crippen molar-refractivity contribution in [2.75, 3.05) is 16.7 Å². The molecule has 146 valence electrons. The molecule has 1 amide bonds. The zero-order chi connectivity index (χ0) is 20.5. The summed E-state index contributed by atoms with van der Waals surface area (Å²) in [6, 6.07) is 9.68. The fourth-order valence-electron chi connectivity index (χ4n) is 2.43. The van der Waals surface area contributed by atoms with Gasteiger partial charge in [-0.2, -0.15) is 0 Å². The van der Waals surface area contributed by atoms with E-state index in [1.807, 2.05) is 0 Å². The number of benzene rings is 2. The van der Waals surface area contributed by atoms with Gasteiger partial charge in [-0.3, -0.25) is 9.10 Å². The molecule has 3 rings (SSSR count). The molecule has 0 aliphatic rings.